The largest absolute Gasteiger partial charge is 0.495 e. The Bertz CT molecular complexity index is 494. The lowest BCUT2D eigenvalue weighted by molar-refractivity contribution is 0.135. The van der Waals surface area contributed by atoms with Gasteiger partial charge in [0.05, 0.1) is 12.1 Å². The Kier molecular flexibility index (Phi) is 4.72. The Morgan fingerprint density at radius 1 is 1.33 bits per heavy atom. The molecule has 3 rings (SSSR count). The number of likely N-dealkylation sites (tertiary alicyclic amines) is 1. The maximum Gasteiger partial charge on any atom is 0.137 e. The monoisotopic (exact) mass is 308 g/mol. The van der Waals surface area contributed by atoms with Crippen LogP contribution in [0.5, 0.6) is 5.75 Å². The van der Waals surface area contributed by atoms with E-state index in [1.165, 1.54) is 44.2 Å². The molecule has 1 aliphatic heterocycles. The molecule has 2 fully saturated rings. The number of nitrogens with zero attached hydrogens (tertiary/aromatic N) is 1. The van der Waals surface area contributed by atoms with E-state index in [4.69, 9.17) is 22.1 Å². The van der Waals surface area contributed by atoms with E-state index in [2.05, 4.69) is 11.0 Å². The molecular formula is C17H25ClN2O. The number of hydrogen-bond donors (Lipinski definition) is 1. The number of hydrogen-bond acceptors (Lipinski definition) is 3. The van der Waals surface area contributed by atoms with Gasteiger partial charge in [-0.1, -0.05) is 30.5 Å². The summed E-state index contributed by atoms with van der Waals surface area (Å²) in [6, 6.07) is 7.08. The molecule has 2 N–H and O–H groups in total. The molecule has 0 amide bonds. The average molecular weight is 309 g/mol. The minimum Gasteiger partial charge on any atom is -0.495 e. The Labute approximate surface area is 132 Å². The number of ether oxygens (including phenoxy) is 1. The second-order valence-electron chi connectivity index (χ2n) is 6.28. The maximum atomic E-state index is 6.29. The Balaban J connectivity index is 1.83. The first-order valence-corrected chi connectivity index (χ1v) is 8.41. The van der Waals surface area contributed by atoms with E-state index in [9.17, 15) is 0 Å². The number of rotatable bonds is 4. The summed E-state index contributed by atoms with van der Waals surface area (Å²) in [6.45, 7) is 1.81. The van der Waals surface area contributed by atoms with Crippen LogP contribution < -0.4 is 10.5 Å². The summed E-state index contributed by atoms with van der Waals surface area (Å²) in [5.41, 5.74) is 7.33. The molecule has 1 aromatic rings. The van der Waals surface area contributed by atoms with Gasteiger partial charge in [-0.15, -0.1) is 0 Å². The molecule has 0 aromatic heterocycles. The van der Waals surface area contributed by atoms with E-state index in [1.807, 2.05) is 12.1 Å². The Morgan fingerprint density at radius 3 is 2.86 bits per heavy atom. The summed E-state index contributed by atoms with van der Waals surface area (Å²) < 4.78 is 5.25. The highest BCUT2D eigenvalue weighted by atomic mass is 35.5. The Hall–Kier alpha value is -0.770. The van der Waals surface area contributed by atoms with Gasteiger partial charge in [0.1, 0.15) is 5.75 Å². The third kappa shape index (κ3) is 2.92. The number of methoxy groups -OCH3 is 1. The molecule has 1 saturated carbocycles. The van der Waals surface area contributed by atoms with Gasteiger partial charge in [-0.05, 0) is 49.4 Å². The van der Waals surface area contributed by atoms with Crippen molar-refractivity contribution in [3.8, 4) is 5.75 Å². The zero-order chi connectivity index (χ0) is 14.8. The van der Waals surface area contributed by atoms with Crippen LogP contribution in [0, 0.1) is 5.92 Å². The zero-order valence-corrected chi connectivity index (χ0v) is 13.5. The molecule has 3 unspecified atom stereocenters. The standard InChI is InChI=1S/C17H25ClN2O/c1-21-17-7-6-13(10-14(17)18)16(11-19)20-9-8-12-4-2-3-5-15(12)20/h6-7,10,12,15-16H,2-5,8-9,11,19H2,1H3. The van der Waals surface area contributed by atoms with Crippen molar-refractivity contribution in [2.75, 3.05) is 20.2 Å². The topological polar surface area (TPSA) is 38.5 Å². The fourth-order valence-corrected chi connectivity index (χ4v) is 4.45. The van der Waals surface area contributed by atoms with Crippen LogP contribution in [0.1, 0.15) is 43.7 Å². The van der Waals surface area contributed by atoms with Crippen LogP contribution in [-0.4, -0.2) is 31.1 Å². The molecule has 116 valence electrons. The lowest BCUT2D eigenvalue weighted by atomic mass is 9.84. The van der Waals surface area contributed by atoms with Crippen molar-refractivity contribution in [3.63, 3.8) is 0 Å². The van der Waals surface area contributed by atoms with Gasteiger partial charge in [0, 0.05) is 18.6 Å². The second-order valence-corrected chi connectivity index (χ2v) is 6.69. The van der Waals surface area contributed by atoms with Gasteiger partial charge in [-0.3, -0.25) is 4.90 Å². The van der Waals surface area contributed by atoms with E-state index in [-0.39, 0.29) is 6.04 Å². The van der Waals surface area contributed by atoms with Crippen molar-refractivity contribution in [3.05, 3.63) is 28.8 Å². The third-order valence-corrected chi connectivity index (χ3v) is 5.53. The number of benzene rings is 1. The minimum absolute atomic E-state index is 0.279. The van der Waals surface area contributed by atoms with Crippen molar-refractivity contribution in [1.82, 2.24) is 4.90 Å². The van der Waals surface area contributed by atoms with Crippen LogP contribution in [0.4, 0.5) is 0 Å². The van der Waals surface area contributed by atoms with Crippen molar-refractivity contribution in [1.29, 1.82) is 0 Å². The lowest BCUT2D eigenvalue weighted by Gasteiger charge is -2.37. The normalized spacial score (nSPS) is 27.4. The van der Waals surface area contributed by atoms with Gasteiger partial charge < -0.3 is 10.5 Å². The van der Waals surface area contributed by atoms with Crippen LogP contribution in [0.15, 0.2) is 18.2 Å². The first-order chi connectivity index (χ1) is 10.2. The smallest absolute Gasteiger partial charge is 0.137 e. The molecule has 1 heterocycles. The molecule has 1 aliphatic carbocycles. The summed E-state index contributed by atoms with van der Waals surface area (Å²) in [5, 5.41) is 0.674. The molecule has 4 heteroatoms. The average Bonchev–Trinajstić information content (AvgIpc) is 2.93. The van der Waals surface area contributed by atoms with E-state index in [1.54, 1.807) is 7.11 Å². The molecule has 0 radical (unpaired) electrons. The van der Waals surface area contributed by atoms with Gasteiger partial charge >= 0.3 is 0 Å². The van der Waals surface area contributed by atoms with Crippen LogP contribution in [0.3, 0.4) is 0 Å². The maximum absolute atomic E-state index is 6.29. The van der Waals surface area contributed by atoms with Gasteiger partial charge in [0.15, 0.2) is 0 Å². The first-order valence-electron chi connectivity index (χ1n) is 8.04. The summed E-state index contributed by atoms with van der Waals surface area (Å²) in [7, 11) is 1.65. The van der Waals surface area contributed by atoms with Crippen molar-refractivity contribution < 1.29 is 4.74 Å². The highest BCUT2D eigenvalue weighted by Gasteiger charge is 2.39. The van der Waals surface area contributed by atoms with Gasteiger partial charge in [0.2, 0.25) is 0 Å². The Morgan fingerprint density at radius 2 is 2.14 bits per heavy atom. The molecule has 1 aromatic carbocycles. The molecule has 0 bridgehead atoms. The van der Waals surface area contributed by atoms with Crippen LogP contribution in [0.2, 0.25) is 5.02 Å². The van der Waals surface area contributed by atoms with Crippen molar-refractivity contribution in [2.24, 2.45) is 11.7 Å². The fraction of sp³-hybridized carbons (Fsp3) is 0.647. The lowest BCUT2D eigenvalue weighted by Crippen LogP contribution is -2.40. The summed E-state index contributed by atoms with van der Waals surface area (Å²) in [6.07, 6.45) is 6.80. The van der Waals surface area contributed by atoms with Crippen LogP contribution in [0.25, 0.3) is 0 Å². The number of fused-ring (bicyclic) bond motifs is 1. The number of halogens is 1. The second kappa shape index (κ2) is 6.55. The highest BCUT2D eigenvalue weighted by Crippen LogP contribution is 2.41. The zero-order valence-electron chi connectivity index (χ0n) is 12.7. The van der Waals surface area contributed by atoms with Gasteiger partial charge in [0.25, 0.3) is 0 Å². The summed E-state index contributed by atoms with van der Waals surface area (Å²) in [4.78, 5) is 2.63. The van der Waals surface area contributed by atoms with Crippen molar-refractivity contribution in [2.45, 2.75) is 44.2 Å². The third-order valence-electron chi connectivity index (χ3n) is 5.24. The van der Waals surface area contributed by atoms with Crippen molar-refractivity contribution >= 4 is 11.6 Å². The molecule has 21 heavy (non-hydrogen) atoms. The van der Waals surface area contributed by atoms with E-state index >= 15 is 0 Å². The van der Waals surface area contributed by atoms with E-state index < -0.39 is 0 Å². The summed E-state index contributed by atoms with van der Waals surface area (Å²) >= 11 is 6.29. The summed E-state index contributed by atoms with van der Waals surface area (Å²) in [5.74, 6) is 1.61. The van der Waals surface area contributed by atoms with E-state index in [0.717, 1.165) is 11.7 Å². The van der Waals surface area contributed by atoms with Crippen LogP contribution in [-0.2, 0) is 0 Å². The molecule has 2 aliphatic rings. The number of nitrogens with two attached hydrogens (primary N) is 1. The molecule has 3 atom stereocenters. The van der Waals surface area contributed by atoms with E-state index in [0.29, 0.717) is 17.6 Å². The minimum atomic E-state index is 0.279. The predicted octanol–water partition coefficient (Wildman–Crippen LogP) is 3.61. The molecular weight excluding hydrogens is 284 g/mol. The van der Waals surface area contributed by atoms with Gasteiger partial charge in [-0.25, -0.2) is 0 Å². The van der Waals surface area contributed by atoms with Gasteiger partial charge in [-0.2, -0.15) is 0 Å². The highest BCUT2D eigenvalue weighted by molar-refractivity contribution is 6.32. The SMILES string of the molecule is COc1ccc(C(CN)N2CCC3CCCCC32)cc1Cl. The van der Waals surface area contributed by atoms with Crippen LogP contribution >= 0.6 is 11.6 Å². The molecule has 0 spiro atoms. The quantitative estimate of drug-likeness (QED) is 0.923. The predicted molar refractivity (Wildman–Crippen MR) is 86.9 cm³/mol. The fourth-order valence-electron chi connectivity index (χ4n) is 4.18. The first kappa shape index (κ1) is 15.1. The molecule has 1 saturated heterocycles. The molecule has 3 nitrogen and oxygen atoms in total.